The second-order valence-electron chi connectivity index (χ2n) is 9.51. The SMILES string of the molecule is CC1(C)CC(n2nnc3cc(-c4ccc(-c5cn[nH]n5)cc4O)nnc32)CC(C)(C)N1. The highest BCUT2D eigenvalue weighted by Gasteiger charge is 2.39. The molecule has 31 heavy (non-hydrogen) atoms. The molecule has 4 heterocycles. The zero-order chi connectivity index (χ0) is 21.8. The molecule has 0 bridgehead atoms. The highest BCUT2D eigenvalue weighted by Crippen LogP contribution is 2.37. The quantitative estimate of drug-likeness (QED) is 0.462. The molecule has 5 rings (SSSR count). The molecule has 0 radical (unpaired) electrons. The lowest BCUT2D eigenvalue weighted by molar-refractivity contribution is 0.127. The predicted octanol–water partition coefficient (Wildman–Crippen LogP) is 2.86. The molecule has 1 fully saturated rings. The Morgan fingerprint density at radius 1 is 1.00 bits per heavy atom. The second kappa shape index (κ2) is 6.81. The Morgan fingerprint density at radius 2 is 1.77 bits per heavy atom. The summed E-state index contributed by atoms with van der Waals surface area (Å²) in [7, 11) is 0. The van der Waals surface area contributed by atoms with Crippen molar-refractivity contribution in [2.45, 2.75) is 57.7 Å². The highest BCUT2D eigenvalue weighted by atomic mass is 16.3. The van der Waals surface area contributed by atoms with Gasteiger partial charge in [0.1, 0.15) is 17.0 Å². The van der Waals surface area contributed by atoms with Crippen LogP contribution >= 0.6 is 0 Å². The van der Waals surface area contributed by atoms with E-state index in [0.717, 1.165) is 18.4 Å². The maximum Gasteiger partial charge on any atom is 0.201 e. The minimum atomic E-state index is -0.0184. The Morgan fingerprint density at radius 3 is 2.45 bits per heavy atom. The summed E-state index contributed by atoms with van der Waals surface area (Å²) in [6, 6.07) is 7.27. The highest BCUT2D eigenvalue weighted by molar-refractivity contribution is 5.79. The first-order chi connectivity index (χ1) is 14.7. The fraction of sp³-hybridized carbons (Fsp3) is 0.429. The van der Waals surface area contributed by atoms with Crippen molar-refractivity contribution in [3.05, 3.63) is 30.5 Å². The van der Waals surface area contributed by atoms with Crippen molar-refractivity contribution in [1.82, 2.24) is 45.9 Å². The van der Waals surface area contributed by atoms with Crippen LogP contribution in [0.4, 0.5) is 0 Å². The molecule has 3 aromatic heterocycles. The van der Waals surface area contributed by atoms with Gasteiger partial charge in [-0.1, -0.05) is 11.3 Å². The third kappa shape index (κ3) is 3.63. The van der Waals surface area contributed by atoms with E-state index in [1.165, 1.54) is 0 Å². The number of phenols is 1. The minimum Gasteiger partial charge on any atom is -0.507 e. The van der Waals surface area contributed by atoms with Gasteiger partial charge in [-0.15, -0.1) is 15.3 Å². The van der Waals surface area contributed by atoms with Crippen LogP contribution < -0.4 is 5.32 Å². The zero-order valence-electron chi connectivity index (χ0n) is 18.0. The Labute approximate surface area is 179 Å². The van der Waals surface area contributed by atoms with Crippen molar-refractivity contribution in [2.24, 2.45) is 0 Å². The number of piperidine rings is 1. The molecule has 0 saturated carbocycles. The first-order valence-electron chi connectivity index (χ1n) is 10.3. The van der Waals surface area contributed by atoms with E-state index < -0.39 is 0 Å². The topological polar surface area (TPSA) is 130 Å². The van der Waals surface area contributed by atoms with Gasteiger partial charge in [-0.2, -0.15) is 15.4 Å². The van der Waals surface area contributed by atoms with Gasteiger partial charge >= 0.3 is 0 Å². The lowest BCUT2D eigenvalue weighted by Crippen LogP contribution is -2.58. The summed E-state index contributed by atoms with van der Waals surface area (Å²) in [6.07, 6.45) is 3.44. The normalized spacial score (nSPS) is 18.5. The number of nitrogens with one attached hydrogen (secondary N) is 2. The molecule has 1 saturated heterocycles. The number of rotatable bonds is 3. The van der Waals surface area contributed by atoms with Crippen LogP contribution in [0, 0.1) is 0 Å². The number of aromatic hydroxyl groups is 1. The van der Waals surface area contributed by atoms with E-state index in [2.05, 4.69) is 68.9 Å². The molecule has 1 aliphatic rings. The Kier molecular flexibility index (Phi) is 4.30. The zero-order valence-corrected chi connectivity index (χ0v) is 18.0. The van der Waals surface area contributed by atoms with E-state index >= 15 is 0 Å². The molecule has 0 unspecified atom stereocenters. The molecule has 1 aliphatic heterocycles. The first kappa shape index (κ1) is 19.6. The van der Waals surface area contributed by atoms with Crippen LogP contribution in [0.5, 0.6) is 5.75 Å². The van der Waals surface area contributed by atoms with Crippen molar-refractivity contribution in [2.75, 3.05) is 0 Å². The molecule has 3 N–H and O–H groups in total. The van der Waals surface area contributed by atoms with Gasteiger partial charge in [0, 0.05) is 22.2 Å². The van der Waals surface area contributed by atoms with Crippen LogP contribution in [-0.2, 0) is 0 Å². The summed E-state index contributed by atoms with van der Waals surface area (Å²) >= 11 is 0. The van der Waals surface area contributed by atoms with Gasteiger partial charge in [-0.05, 0) is 58.7 Å². The molecule has 160 valence electrons. The standard InChI is InChI=1S/C21H25N9O/c1-20(2)9-13(10-21(3,4)27-20)30-19-16(25-29-30)8-15(23-26-19)14-6-5-12(7-18(14)31)17-11-22-28-24-17/h5-8,11,13,27,31H,9-10H2,1-4H3,(H,22,24,28). The number of phenolic OH excluding ortho intramolecular Hbond substituents is 1. The number of benzene rings is 1. The average molecular weight is 419 g/mol. The van der Waals surface area contributed by atoms with Gasteiger partial charge < -0.3 is 10.4 Å². The predicted molar refractivity (Wildman–Crippen MR) is 115 cm³/mol. The van der Waals surface area contributed by atoms with Gasteiger partial charge in [0.25, 0.3) is 0 Å². The molecule has 4 aromatic rings. The average Bonchev–Trinajstić information content (AvgIpc) is 3.35. The van der Waals surface area contributed by atoms with Gasteiger partial charge in [-0.3, -0.25) is 0 Å². The van der Waals surface area contributed by atoms with E-state index in [-0.39, 0.29) is 22.9 Å². The lowest BCUT2D eigenvalue weighted by Gasteiger charge is -2.46. The van der Waals surface area contributed by atoms with E-state index in [9.17, 15) is 5.11 Å². The Balaban J connectivity index is 1.49. The van der Waals surface area contributed by atoms with E-state index in [1.807, 2.05) is 16.8 Å². The van der Waals surface area contributed by atoms with Gasteiger partial charge in [0.15, 0.2) is 0 Å². The largest absolute Gasteiger partial charge is 0.507 e. The number of hydrogen-bond donors (Lipinski definition) is 3. The number of aromatic nitrogens is 8. The van der Waals surface area contributed by atoms with Crippen LogP contribution in [0.2, 0.25) is 0 Å². The summed E-state index contributed by atoms with van der Waals surface area (Å²) in [5.74, 6) is 0.0865. The Bertz CT molecular complexity index is 1230. The number of fused-ring (bicyclic) bond motifs is 1. The molecule has 0 spiro atoms. The summed E-state index contributed by atoms with van der Waals surface area (Å²) in [5, 5.41) is 42.2. The fourth-order valence-corrected chi connectivity index (χ4v) is 4.82. The van der Waals surface area contributed by atoms with E-state index in [1.54, 1.807) is 18.3 Å². The van der Waals surface area contributed by atoms with Crippen LogP contribution in [-0.4, -0.2) is 56.8 Å². The van der Waals surface area contributed by atoms with E-state index in [4.69, 9.17) is 0 Å². The molecule has 10 heteroatoms. The number of H-pyrrole nitrogens is 1. The van der Waals surface area contributed by atoms with Crippen molar-refractivity contribution in [3.63, 3.8) is 0 Å². The lowest BCUT2D eigenvalue weighted by atomic mass is 9.80. The maximum atomic E-state index is 10.6. The third-order valence-electron chi connectivity index (χ3n) is 5.72. The van der Waals surface area contributed by atoms with Crippen LogP contribution in [0.1, 0.15) is 46.6 Å². The van der Waals surface area contributed by atoms with Gasteiger partial charge in [-0.25, -0.2) is 4.68 Å². The van der Waals surface area contributed by atoms with Crippen molar-refractivity contribution < 1.29 is 5.11 Å². The molecule has 0 atom stereocenters. The molecule has 0 aliphatic carbocycles. The van der Waals surface area contributed by atoms with Crippen molar-refractivity contribution in [3.8, 4) is 28.3 Å². The van der Waals surface area contributed by atoms with E-state index in [0.29, 0.717) is 28.1 Å². The number of aromatic amines is 1. The summed E-state index contributed by atoms with van der Waals surface area (Å²) < 4.78 is 1.89. The first-order valence-corrected chi connectivity index (χ1v) is 10.3. The molecule has 1 aromatic carbocycles. The van der Waals surface area contributed by atoms with Crippen LogP contribution in [0.15, 0.2) is 30.5 Å². The molecule has 10 nitrogen and oxygen atoms in total. The molecular weight excluding hydrogens is 394 g/mol. The van der Waals surface area contributed by atoms with Crippen LogP contribution in [0.25, 0.3) is 33.7 Å². The van der Waals surface area contributed by atoms with Crippen molar-refractivity contribution >= 4 is 11.2 Å². The second-order valence-corrected chi connectivity index (χ2v) is 9.51. The number of nitrogens with zero attached hydrogens (tertiary/aromatic N) is 7. The third-order valence-corrected chi connectivity index (χ3v) is 5.72. The molecular formula is C21H25N9O. The van der Waals surface area contributed by atoms with Gasteiger partial charge in [0.05, 0.1) is 17.9 Å². The Hall–Kier alpha value is -3.40. The molecule has 0 amide bonds. The maximum absolute atomic E-state index is 10.6. The monoisotopic (exact) mass is 419 g/mol. The summed E-state index contributed by atoms with van der Waals surface area (Å²) in [4.78, 5) is 0. The minimum absolute atomic E-state index is 0.0184. The van der Waals surface area contributed by atoms with Crippen LogP contribution in [0.3, 0.4) is 0 Å². The smallest absolute Gasteiger partial charge is 0.201 e. The fourth-order valence-electron chi connectivity index (χ4n) is 4.82. The number of hydrogen-bond acceptors (Lipinski definition) is 8. The summed E-state index contributed by atoms with van der Waals surface area (Å²) in [5.41, 5.74) is 3.78. The van der Waals surface area contributed by atoms with Gasteiger partial charge in [0.2, 0.25) is 5.65 Å². The van der Waals surface area contributed by atoms with Crippen molar-refractivity contribution in [1.29, 1.82) is 0 Å². The summed E-state index contributed by atoms with van der Waals surface area (Å²) in [6.45, 7) is 8.81.